The molecule has 1 atom stereocenters. The summed E-state index contributed by atoms with van der Waals surface area (Å²) in [7, 11) is 0. The second kappa shape index (κ2) is 8.70. The number of ether oxygens (including phenoxy) is 1. The average molecular weight is 320 g/mol. The highest BCUT2D eigenvalue weighted by Crippen LogP contribution is 2.16. The molecule has 1 aromatic heterocycles. The molecule has 6 heteroatoms. The van der Waals surface area contributed by atoms with Crippen molar-refractivity contribution in [2.75, 3.05) is 13.1 Å². The quantitative estimate of drug-likeness (QED) is 0.875. The van der Waals surface area contributed by atoms with Crippen molar-refractivity contribution in [2.24, 2.45) is 0 Å². The largest absolute Gasteiger partial charge is 0.458 e. The number of piperidine rings is 1. The Morgan fingerprint density at radius 1 is 1.35 bits per heavy atom. The molecular weight excluding hydrogens is 292 g/mol. The second-order valence-corrected chi connectivity index (χ2v) is 6.02. The van der Waals surface area contributed by atoms with Gasteiger partial charge in [-0.25, -0.2) is 14.8 Å². The lowest BCUT2D eigenvalue weighted by molar-refractivity contribution is 0.0926. The molecule has 0 radical (unpaired) electrons. The number of hydrogen-bond donors (Lipinski definition) is 1. The predicted octanol–water partition coefficient (Wildman–Crippen LogP) is 2.78. The van der Waals surface area contributed by atoms with Crippen molar-refractivity contribution < 1.29 is 9.53 Å². The Morgan fingerprint density at radius 3 is 2.65 bits per heavy atom. The van der Waals surface area contributed by atoms with Crippen LogP contribution in [0, 0.1) is 0 Å². The van der Waals surface area contributed by atoms with Gasteiger partial charge in [-0.2, -0.15) is 0 Å². The van der Waals surface area contributed by atoms with Crippen LogP contribution in [0.2, 0.25) is 0 Å². The van der Waals surface area contributed by atoms with Crippen LogP contribution in [0.15, 0.2) is 12.4 Å². The number of aromatic nitrogens is 2. The van der Waals surface area contributed by atoms with Gasteiger partial charge in [0.05, 0.1) is 6.54 Å². The summed E-state index contributed by atoms with van der Waals surface area (Å²) in [5.41, 5.74) is 1.09. The minimum Gasteiger partial charge on any atom is -0.458 e. The van der Waals surface area contributed by atoms with Gasteiger partial charge < -0.3 is 15.0 Å². The molecule has 1 aliphatic rings. The number of nitrogens with zero attached hydrogens (tertiary/aromatic N) is 3. The Morgan fingerprint density at radius 2 is 2.04 bits per heavy atom. The summed E-state index contributed by atoms with van der Waals surface area (Å²) in [5, 5.41) is 3.09. The molecule has 2 heterocycles. The van der Waals surface area contributed by atoms with E-state index >= 15 is 0 Å². The van der Waals surface area contributed by atoms with Crippen LogP contribution in [0.5, 0.6) is 6.01 Å². The molecule has 1 N–H and O–H groups in total. The maximum atomic E-state index is 12.3. The van der Waals surface area contributed by atoms with Gasteiger partial charge in [0.15, 0.2) is 0 Å². The van der Waals surface area contributed by atoms with Crippen molar-refractivity contribution in [3.63, 3.8) is 0 Å². The lowest BCUT2D eigenvalue weighted by Crippen LogP contribution is -2.50. The van der Waals surface area contributed by atoms with Crippen LogP contribution < -0.4 is 10.1 Å². The van der Waals surface area contributed by atoms with E-state index in [1.54, 1.807) is 12.4 Å². The zero-order valence-electron chi connectivity index (χ0n) is 14.4. The number of carbonyl (C=O) groups excluding carboxylic acids is 1. The number of rotatable bonds is 6. The molecule has 2 rings (SSSR count). The van der Waals surface area contributed by atoms with E-state index in [-0.39, 0.29) is 18.2 Å². The van der Waals surface area contributed by atoms with Gasteiger partial charge in [0.25, 0.3) is 0 Å². The van der Waals surface area contributed by atoms with Gasteiger partial charge in [0.1, 0.15) is 6.10 Å². The van der Waals surface area contributed by atoms with Crippen molar-refractivity contribution in [2.45, 2.75) is 65.0 Å². The van der Waals surface area contributed by atoms with Crippen LogP contribution in [0.25, 0.3) is 0 Å². The van der Waals surface area contributed by atoms with Gasteiger partial charge in [-0.05, 0) is 37.7 Å². The van der Waals surface area contributed by atoms with E-state index in [9.17, 15) is 4.79 Å². The van der Waals surface area contributed by atoms with E-state index in [4.69, 9.17) is 4.74 Å². The third-order valence-electron chi connectivity index (χ3n) is 4.34. The number of urea groups is 1. The first-order valence-electron chi connectivity index (χ1n) is 8.69. The molecule has 1 unspecified atom stereocenters. The SMILES string of the molecule is CCc1cnc(OC2CCCN(C(=O)NC(CC)CC)C2)nc1. The van der Waals surface area contributed by atoms with E-state index in [0.717, 1.165) is 44.2 Å². The van der Waals surface area contributed by atoms with Crippen LogP contribution in [0.4, 0.5) is 4.79 Å². The number of likely N-dealkylation sites (tertiary alicyclic amines) is 1. The average Bonchev–Trinajstić information content (AvgIpc) is 2.60. The van der Waals surface area contributed by atoms with E-state index < -0.39 is 0 Å². The summed E-state index contributed by atoms with van der Waals surface area (Å²) in [4.78, 5) is 22.6. The van der Waals surface area contributed by atoms with Crippen LogP contribution >= 0.6 is 0 Å². The fraction of sp³-hybridized carbons (Fsp3) is 0.706. The highest BCUT2D eigenvalue weighted by atomic mass is 16.5. The summed E-state index contributed by atoms with van der Waals surface area (Å²) in [6.45, 7) is 7.62. The molecule has 0 aromatic carbocycles. The van der Waals surface area contributed by atoms with Gasteiger partial charge in [-0.3, -0.25) is 0 Å². The standard InChI is InChI=1S/C17H28N4O2/c1-4-13-10-18-16(19-11-13)23-15-8-7-9-21(12-15)17(22)20-14(5-2)6-3/h10-11,14-15H,4-9,12H2,1-3H3,(H,20,22). The summed E-state index contributed by atoms with van der Waals surface area (Å²) >= 11 is 0. The number of nitrogens with one attached hydrogen (secondary N) is 1. The Labute approximate surface area is 138 Å². The first-order chi connectivity index (χ1) is 11.2. The summed E-state index contributed by atoms with van der Waals surface area (Å²) in [6.07, 6.45) is 8.23. The molecule has 0 aliphatic carbocycles. The van der Waals surface area contributed by atoms with Crippen LogP contribution in [-0.4, -0.2) is 46.1 Å². The van der Waals surface area contributed by atoms with E-state index in [1.807, 2.05) is 4.90 Å². The van der Waals surface area contributed by atoms with Crippen LogP contribution in [-0.2, 0) is 6.42 Å². The fourth-order valence-corrected chi connectivity index (χ4v) is 2.71. The zero-order valence-corrected chi connectivity index (χ0v) is 14.4. The van der Waals surface area contributed by atoms with Gasteiger partial charge in [-0.15, -0.1) is 0 Å². The zero-order chi connectivity index (χ0) is 16.7. The Bertz CT molecular complexity index is 488. The Hall–Kier alpha value is -1.85. The third kappa shape index (κ3) is 5.08. The molecule has 0 spiro atoms. The topological polar surface area (TPSA) is 67.3 Å². The maximum absolute atomic E-state index is 12.3. The molecule has 1 aliphatic heterocycles. The number of amides is 2. The highest BCUT2D eigenvalue weighted by Gasteiger charge is 2.26. The molecule has 0 bridgehead atoms. The smallest absolute Gasteiger partial charge is 0.317 e. The molecule has 6 nitrogen and oxygen atoms in total. The number of hydrogen-bond acceptors (Lipinski definition) is 4. The number of carbonyl (C=O) groups is 1. The van der Waals surface area contributed by atoms with Crippen molar-refractivity contribution in [3.8, 4) is 6.01 Å². The minimum atomic E-state index is -0.0383. The van der Waals surface area contributed by atoms with Crippen molar-refractivity contribution in [3.05, 3.63) is 18.0 Å². The lowest BCUT2D eigenvalue weighted by Gasteiger charge is -2.33. The molecular formula is C17H28N4O2. The normalized spacial score (nSPS) is 18.1. The van der Waals surface area contributed by atoms with Crippen LogP contribution in [0.1, 0.15) is 52.0 Å². The van der Waals surface area contributed by atoms with Crippen molar-refractivity contribution in [1.29, 1.82) is 0 Å². The summed E-state index contributed by atoms with van der Waals surface area (Å²) in [5.74, 6) is 0. The van der Waals surface area contributed by atoms with Crippen molar-refractivity contribution in [1.82, 2.24) is 20.2 Å². The van der Waals surface area contributed by atoms with Gasteiger partial charge in [-0.1, -0.05) is 20.8 Å². The Kier molecular flexibility index (Phi) is 6.62. The van der Waals surface area contributed by atoms with E-state index in [0.29, 0.717) is 12.6 Å². The monoisotopic (exact) mass is 320 g/mol. The fourth-order valence-electron chi connectivity index (χ4n) is 2.71. The van der Waals surface area contributed by atoms with E-state index in [1.165, 1.54) is 0 Å². The summed E-state index contributed by atoms with van der Waals surface area (Å²) in [6, 6.07) is 0.650. The molecule has 128 valence electrons. The molecule has 1 aromatic rings. The molecule has 0 saturated carbocycles. The van der Waals surface area contributed by atoms with Crippen molar-refractivity contribution >= 4 is 6.03 Å². The van der Waals surface area contributed by atoms with E-state index in [2.05, 4.69) is 36.1 Å². The maximum Gasteiger partial charge on any atom is 0.317 e. The third-order valence-corrected chi connectivity index (χ3v) is 4.34. The highest BCUT2D eigenvalue weighted by molar-refractivity contribution is 5.74. The second-order valence-electron chi connectivity index (χ2n) is 6.02. The molecule has 1 fully saturated rings. The first-order valence-corrected chi connectivity index (χ1v) is 8.69. The molecule has 2 amide bonds. The van der Waals surface area contributed by atoms with Gasteiger partial charge >= 0.3 is 12.0 Å². The van der Waals surface area contributed by atoms with Crippen LogP contribution in [0.3, 0.4) is 0 Å². The minimum absolute atomic E-state index is 0.00856. The van der Waals surface area contributed by atoms with Gasteiger partial charge in [0, 0.05) is 25.0 Å². The predicted molar refractivity (Wildman–Crippen MR) is 89.5 cm³/mol. The Balaban J connectivity index is 1.88. The molecule has 1 saturated heterocycles. The molecule has 23 heavy (non-hydrogen) atoms. The number of aryl methyl sites for hydroxylation is 1. The van der Waals surface area contributed by atoms with Gasteiger partial charge in [0.2, 0.25) is 0 Å². The summed E-state index contributed by atoms with van der Waals surface area (Å²) < 4.78 is 5.85. The first kappa shape index (κ1) is 17.5. The lowest BCUT2D eigenvalue weighted by atomic mass is 10.1.